The summed E-state index contributed by atoms with van der Waals surface area (Å²) in [4.78, 5) is 16.8. The van der Waals surface area contributed by atoms with E-state index in [1.165, 1.54) is 15.7 Å². The molecule has 0 unspecified atom stereocenters. The summed E-state index contributed by atoms with van der Waals surface area (Å²) in [6, 6.07) is 15.4. The molecule has 26 heavy (non-hydrogen) atoms. The lowest BCUT2D eigenvalue weighted by Crippen LogP contribution is -2.14. The molecule has 0 atom stereocenters. The number of hydrogen-bond donors (Lipinski definition) is 1. The first-order valence-electron chi connectivity index (χ1n) is 7.83. The molecule has 0 saturated carbocycles. The number of nitrogens with one attached hydrogen (secondary N) is 1. The largest absolute Gasteiger partial charge is 0.325 e. The highest BCUT2D eigenvalue weighted by Crippen LogP contribution is 2.24. The third-order valence-corrected chi connectivity index (χ3v) is 5.70. The highest BCUT2D eigenvalue weighted by molar-refractivity contribution is 7.99. The monoisotopic (exact) mass is 382 g/mol. The molecule has 0 aliphatic carbocycles. The summed E-state index contributed by atoms with van der Waals surface area (Å²) in [5.41, 5.74) is 2.51. The van der Waals surface area contributed by atoms with E-state index in [2.05, 4.69) is 31.9 Å². The van der Waals surface area contributed by atoms with E-state index >= 15 is 0 Å². The van der Waals surface area contributed by atoms with Crippen LogP contribution in [-0.2, 0) is 10.5 Å². The zero-order valence-electron chi connectivity index (χ0n) is 13.6. The van der Waals surface area contributed by atoms with Crippen LogP contribution in [0.25, 0.3) is 15.9 Å². The molecule has 1 N–H and O–H groups in total. The fourth-order valence-electron chi connectivity index (χ4n) is 2.42. The van der Waals surface area contributed by atoms with Crippen molar-refractivity contribution >= 4 is 44.9 Å². The second-order valence-corrected chi connectivity index (χ2v) is 7.52. The van der Waals surface area contributed by atoms with Gasteiger partial charge in [-0.2, -0.15) is 0 Å². The standard InChI is InChI=1S/C17H14N6OS2/c24-16(9-25-10-17-20-14-6-1-2-7-15(14)26-17)19-12-4-3-5-13(8-12)23-11-18-21-22-23/h1-8,11H,9-10H2,(H,19,24). The summed E-state index contributed by atoms with van der Waals surface area (Å²) in [5, 5.41) is 15.0. The number of carbonyl (C=O) groups is 1. The summed E-state index contributed by atoms with van der Waals surface area (Å²) in [7, 11) is 0. The summed E-state index contributed by atoms with van der Waals surface area (Å²) in [6.07, 6.45) is 1.51. The third-order valence-electron chi connectivity index (χ3n) is 3.54. The Morgan fingerprint density at radius 3 is 2.96 bits per heavy atom. The SMILES string of the molecule is O=C(CSCc1nc2ccccc2s1)Nc1cccc(-n2cnnn2)c1. The molecule has 2 aromatic carbocycles. The van der Waals surface area contributed by atoms with E-state index in [1.54, 1.807) is 23.1 Å². The second kappa shape index (κ2) is 7.63. The molecule has 7 nitrogen and oxygen atoms in total. The van der Waals surface area contributed by atoms with Crippen LogP contribution in [0.1, 0.15) is 5.01 Å². The molecule has 4 aromatic rings. The van der Waals surface area contributed by atoms with Crippen molar-refractivity contribution in [2.45, 2.75) is 5.75 Å². The predicted octanol–water partition coefficient (Wildman–Crippen LogP) is 3.14. The van der Waals surface area contributed by atoms with Crippen LogP contribution in [0.3, 0.4) is 0 Å². The highest BCUT2D eigenvalue weighted by atomic mass is 32.2. The number of aromatic nitrogens is 5. The van der Waals surface area contributed by atoms with Crippen molar-refractivity contribution in [3.63, 3.8) is 0 Å². The Bertz CT molecular complexity index is 998. The quantitative estimate of drug-likeness (QED) is 0.551. The number of para-hydroxylation sites is 1. The number of nitrogens with zero attached hydrogens (tertiary/aromatic N) is 5. The van der Waals surface area contributed by atoms with E-state index in [4.69, 9.17) is 0 Å². The van der Waals surface area contributed by atoms with Crippen LogP contribution in [0.2, 0.25) is 0 Å². The molecule has 0 bridgehead atoms. The van der Waals surface area contributed by atoms with Crippen molar-refractivity contribution in [1.82, 2.24) is 25.2 Å². The number of anilines is 1. The van der Waals surface area contributed by atoms with Gasteiger partial charge in [0.15, 0.2) is 0 Å². The summed E-state index contributed by atoms with van der Waals surface area (Å²) >= 11 is 3.22. The van der Waals surface area contributed by atoms with Gasteiger partial charge in [-0.05, 0) is 40.8 Å². The van der Waals surface area contributed by atoms with E-state index in [1.807, 2.05) is 42.5 Å². The fraction of sp³-hybridized carbons (Fsp3) is 0.118. The van der Waals surface area contributed by atoms with E-state index in [-0.39, 0.29) is 5.91 Å². The molecule has 1 amide bonds. The fourth-order valence-corrected chi connectivity index (χ4v) is 4.26. The second-order valence-electron chi connectivity index (χ2n) is 5.42. The summed E-state index contributed by atoms with van der Waals surface area (Å²) in [5.74, 6) is 1.03. The molecule has 9 heteroatoms. The van der Waals surface area contributed by atoms with Crippen LogP contribution in [0, 0.1) is 0 Å². The molecule has 0 radical (unpaired) electrons. The number of fused-ring (bicyclic) bond motifs is 1. The van der Waals surface area contributed by atoms with Crippen molar-refractivity contribution in [1.29, 1.82) is 0 Å². The number of carbonyl (C=O) groups excluding carboxylic acids is 1. The molecular weight excluding hydrogens is 368 g/mol. The maximum absolute atomic E-state index is 12.2. The minimum absolute atomic E-state index is 0.0509. The Morgan fingerprint density at radius 2 is 2.12 bits per heavy atom. The van der Waals surface area contributed by atoms with Gasteiger partial charge >= 0.3 is 0 Å². The van der Waals surface area contributed by atoms with Gasteiger partial charge in [0.1, 0.15) is 11.3 Å². The first-order chi connectivity index (χ1) is 12.8. The number of rotatable bonds is 6. The molecule has 4 rings (SSSR count). The van der Waals surface area contributed by atoms with Gasteiger partial charge in [-0.15, -0.1) is 28.2 Å². The van der Waals surface area contributed by atoms with Gasteiger partial charge in [-0.25, -0.2) is 9.67 Å². The third kappa shape index (κ3) is 3.89. The minimum atomic E-state index is -0.0509. The maximum Gasteiger partial charge on any atom is 0.234 e. The van der Waals surface area contributed by atoms with Crippen LogP contribution in [-0.4, -0.2) is 36.9 Å². The average Bonchev–Trinajstić information content (AvgIpc) is 3.31. The van der Waals surface area contributed by atoms with Crippen molar-refractivity contribution in [2.24, 2.45) is 0 Å². The van der Waals surface area contributed by atoms with Crippen LogP contribution in [0.4, 0.5) is 5.69 Å². The topological polar surface area (TPSA) is 85.6 Å². The van der Waals surface area contributed by atoms with Crippen LogP contribution in [0.15, 0.2) is 54.9 Å². The molecule has 0 saturated heterocycles. The molecule has 0 aliphatic heterocycles. The Morgan fingerprint density at radius 1 is 1.19 bits per heavy atom. The molecule has 2 aromatic heterocycles. The number of tetrazole rings is 1. The summed E-state index contributed by atoms with van der Waals surface area (Å²) in [6.45, 7) is 0. The lowest BCUT2D eigenvalue weighted by atomic mass is 10.3. The van der Waals surface area contributed by atoms with E-state index < -0.39 is 0 Å². The first-order valence-corrected chi connectivity index (χ1v) is 9.80. The zero-order valence-corrected chi connectivity index (χ0v) is 15.2. The number of amides is 1. The van der Waals surface area contributed by atoms with Crippen LogP contribution in [0.5, 0.6) is 0 Å². The van der Waals surface area contributed by atoms with Crippen LogP contribution < -0.4 is 5.32 Å². The smallest absolute Gasteiger partial charge is 0.234 e. The Kier molecular flexibility index (Phi) is 4.89. The average molecular weight is 382 g/mol. The van der Waals surface area contributed by atoms with Crippen molar-refractivity contribution in [2.75, 3.05) is 11.1 Å². The van der Waals surface area contributed by atoms with Crippen molar-refractivity contribution < 1.29 is 4.79 Å². The van der Waals surface area contributed by atoms with E-state index in [0.717, 1.165) is 22.0 Å². The van der Waals surface area contributed by atoms with E-state index in [9.17, 15) is 4.79 Å². The maximum atomic E-state index is 12.2. The molecule has 0 spiro atoms. The zero-order chi connectivity index (χ0) is 17.8. The first kappa shape index (κ1) is 16.7. The van der Waals surface area contributed by atoms with Crippen molar-refractivity contribution in [3.8, 4) is 5.69 Å². The van der Waals surface area contributed by atoms with Gasteiger partial charge in [0.25, 0.3) is 0 Å². The molecule has 0 fully saturated rings. The summed E-state index contributed by atoms with van der Waals surface area (Å²) < 4.78 is 2.71. The molecular formula is C17H14N6OS2. The number of thiazole rings is 1. The Hall–Kier alpha value is -2.78. The number of benzene rings is 2. The molecule has 130 valence electrons. The van der Waals surface area contributed by atoms with Gasteiger partial charge in [0.05, 0.1) is 21.7 Å². The Labute approximate surface area is 157 Å². The van der Waals surface area contributed by atoms with Gasteiger partial charge in [-0.3, -0.25) is 4.79 Å². The van der Waals surface area contributed by atoms with Gasteiger partial charge in [0.2, 0.25) is 5.91 Å². The normalized spacial score (nSPS) is 10.9. The predicted molar refractivity (Wildman–Crippen MR) is 104 cm³/mol. The number of thioether (sulfide) groups is 1. The van der Waals surface area contributed by atoms with Gasteiger partial charge in [-0.1, -0.05) is 18.2 Å². The van der Waals surface area contributed by atoms with Gasteiger partial charge < -0.3 is 5.32 Å². The highest BCUT2D eigenvalue weighted by Gasteiger charge is 2.07. The van der Waals surface area contributed by atoms with Crippen molar-refractivity contribution in [3.05, 3.63) is 59.9 Å². The number of hydrogen-bond acceptors (Lipinski definition) is 7. The van der Waals surface area contributed by atoms with Crippen LogP contribution >= 0.6 is 23.1 Å². The lowest BCUT2D eigenvalue weighted by molar-refractivity contribution is -0.113. The van der Waals surface area contributed by atoms with Gasteiger partial charge in [0, 0.05) is 11.4 Å². The van der Waals surface area contributed by atoms with E-state index in [0.29, 0.717) is 11.4 Å². The Balaban J connectivity index is 1.32. The minimum Gasteiger partial charge on any atom is -0.325 e. The lowest BCUT2D eigenvalue weighted by Gasteiger charge is -2.06. The molecule has 0 aliphatic rings. The molecule has 2 heterocycles.